The molecule has 304 valence electrons. The lowest BCUT2D eigenvalue weighted by atomic mass is 10.00. The number of oxazole rings is 1. The first kappa shape index (κ1) is 36.7. The predicted octanol–water partition coefficient (Wildman–Crippen LogP) is 14.5. The summed E-state index contributed by atoms with van der Waals surface area (Å²) in [5.41, 5.74) is 13.8. The van der Waals surface area contributed by atoms with E-state index in [1.807, 2.05) is 72.8 Å². The molecule has 0 fully saturated rings. The molecule has 0 spiro atoms. The van der Waals surface area contributed by atoms with Crippen LogP contribution in [0.5, 0.6) is 0 Å². The second-order valence-electron chi connectivity index (χ2n) is 16.2. The topological polar surface area (TPSA) is 74.6 Å². The summed E-state index contributed by atoms with van der Waals surface area (Å²) in [7, 11) is 0. The number of aromatic nitrogens is 6. The first-order chi connectivity index (χ1) is 32.2. The number of fused-ring (bicyclic) bond motifs is 8. The highest BCUT2D eigenvalue weighted by molar-refractivity contribution is 6.24. The standard InChI is InChI=1S/C58H36N6O/c1-4-15-37(16-5-1)38-27-29-39(30-28-38)40-31-33-43(34-32-40)57-59-48-23-14-26-51(54(48)65-57)63-49-24-12-10-21-44(49)46-35-36-47-45-22-11-13-25-50(45)64(53(47)52(46)63)58-61-55(41-17-6-2-7-18-41)60-56(62-58)42-19-8-3-9-20-42/h1-36H. The highest BCUT2D eigenvalue weighted by atomic mass is 16.3. The van der Waals surface area contributed by atoms with Crippen molar-refractivity contribution in [2.24, 2.45) is 0 Å². The van der Waals surface area contributed by atoms with E-state index in [1.165, 1.54) is 11.1 Å². The van der Waals surface area contributed by atoms with Gasteiger partial charge in [-0.1, -0.05) is 182 Å². The van der Waals surface area contributed by atoms with Crippen LogP contribution in [0.4, 0.5) is 0 Å². The van der Waals surface area contributed by atoms with E-state index in [2.05, 4.69) is 155 Å². The Balaban J connectivity index is 1.01. The maximum absolute atomic E-state index is 6.86. The molecule has 0 radical (unpaired) electrons. The monoisotopic (exact) mass is 832 g/mol. The van der Waals surface area contributed by atoms with Crippen molar-refractivity contribution in [3.8, 4) is 68.1 Å². The first-order valence-electron chi connectivity index (χ1n) is 21.7. The Kier molecular flexibility index (Phi) is 8.39. The van der Waals surface area contributed by atoms with E-state index >= 15 is 0 Å². The molecule has 0 N–H and O–H groups in total. The quantitative estimate of drug-likeness (QED) is 0.160. The second-order valence-corrected chi connectivity index (χ2v) is 16.2. The summed E-state index contributed by atoms with van der Waals surface area (Å²) in [6.45, 7) is 0. The molecule has 0 unspecified atom stereocenters. The molecule has 0 atom stereocenters. The van der Waals surface area contributed by atoms with E-state index in [4.69, 9.17) is 24.4 Å². The van der Waals surface area contributed by atoms with E-state index in [-0.39, 0.29) is 0 Å². The summed E-state index contributed by atoms with van der Waals surface area (Å²) < 4.78 is 11.4. The summed E-state index contributed by atoms with van der Waals surface area (Å²) in [6.07, 6.45) is 0. The minimum Gasteiger partial charge on any atom is -0.434 e. The normalized spacial score (nSPS) is 11.7. The third-order valence-electron chi connectivity index (χ3n) is 12.4. The van der Waals surface area contributed by atoms with Crippen LogP contribution in [0, 0.1) is 0 Å². The van der Waals surface area contributed by atoms with Gasteiger partial charge in [-0.25, -0.2) is 9.97 Å². The number of benzene rings is 9. The SMILES string of the molecule is c1ccc(-c2ccc(-c3ccc(-c4nc5cccc(-n6c7ccccc7c7ccc8c9ccccc9n(-c9nc(-c%10ccccc%10)nc(-c%10ccccc%10)n9)c8c76)c5o4)cc3)cc2)cc1. The fourth-order valence-electron chi connectivity index (χ4n) is 9.38. The number of hydrogen-bond acceptors (Lipinski definition) is 5. The molecule has 13 aromatic rings. The molecule has 7 heteroatoms. The van der Waals surface area contributed by atoms with Crippen LogP contribution in [0.1, 0.15) is 0 Å². The van der Waals surface area contributed by atoms with Crippen molar-refractivity contribution in [2.75, 3.05) is 0 Å². The van der Waals surface area contributed by atoms with E-state index in [1.54, 1.807) is 0 Å². The largest absolute Gasteiger partial charge is 0.434 e. The summed E-state index contributed by atoms with van der Waals surface area (Å²) in [4.78, 5) is 20.7. The second kappa shape index (κ2) is 14.9. The minimum absolute atomic E-state index is 0.531. The molecule has 0 saturated heterocycles. The van der Waals surface area contributed by atoms with Gasteiger partial charge in [0, 0.05) is 38.2 Å². The molecule has 4 heterocycles. The van der Waals surface area contributed by atoms with Crippen LogP contribution in [-0.4, -0.2) is 29.1 Å². The van der Waals surface area contributed by atoms with Crippen molar-refractivity contribution in [2.45, 2.75) is 0 Å². The summed E-state index contributed by atoms with van der Waals surface area (Å²) in [5.74, 6) is 2.29. The Morgan fingerprint density at radius 2 is 0.754 bits per heavy atom. The van der Waals surface area contributed by atoms with Gasteiger partial charge in [-0.3, -0.25) is 4.57 Å². The molecule has 0 saturated carbocycles. The molecular weight excluding hydrogens is 797 g/mol. The number of hydrogen-bond donors (Lipinski definition) is 0. The van der Waals surface area contributed by atoms with Crippen LogP contribution in [0.15, 0.2) is 223 Å². The van der Waals surface area contributed by atoms with Gasteiger partial charge in [-0.05, 0) is 58.7 Å². The van der Waals surface area contributed by atoms with Crippen LogP contribution >= 0.6 is 0 Å². The summed E-state index contributed by atoms with van der Waals surface area (Å²) in [5, 5.41) is 4.40. The van der Waals surface area contributed by atoms with Crippen molar-refractivity contribution in [3.05, 3.63) is 218 Å². The fourth-order valence-corrected chi connectivity index (χ4v) is 9.38. The summed E-state index contributed by atoms with van der Waals surface area (Å²) >= 11 is 0. The molecule has 0 aliphatic heterocycles. The molecular formula is C58H36N6O. The van der Waals surface area contributed by atoms with E-state index in [0.717, 1.165) is 82.6 Å². The molecule has 0 amide bonds. The minimum atomic E-state index is 0.531. The van der Waals surface area contributed by atoms with Gasteiger partial charge in [0.15, 0.2) is 17.2 Å². The van der Waals surface area contributed by atoms with Crippen molar-refractivity contribution >= 4 is 54.7 Å². The Hall–Kier alpha value is -8.94. The lowest BCUT2D eigenvalue weighted by molar-refractivity contribution is 0.618. The van der Waals surface area contributed by atoms with E-state index in [9.17, 15) is 0 Å². The molecule has 65 heavy (non-hydrogen) atoms. The predicted molar refractivity (Wildman–Crippen MR) is 263 cm³/mol. The van der Waals surface area contributed by atoms with Crippen molar-refractivity contribution in [1.29, 1.82) is 0 Å². The Morgan fingerprint density at radius 1 is 0.308 bits per heavy atom. The van der Waals surface area contributed by atoms with Crippen LogP contribution < -0.4 is 0 Å². The molecule has 7 nitrogen and oxygen atoms in total. The molecule has 0 aliphatic rings. The Morgan fingerprint density at radius 3 is 1.31 bits per heavy atom. The van der Waals surface area contributed by atoms with Crippen molar-refractivity contribution in [3.63, 3.8) is 0 Å². The molecule has 0 bridgehead atoms. The van der Waals surface area contributed by atoms with Gasteiger partial charge in [0.1, 0.15) is 5.52 Å². The van der Waals surface area contributed by atoms with Crippen LogP contribution in [-0.2, 0) is 0 Å². The molecule has 13 rings (SSSR count). The fraction of sp³-hybridized carbons (Fsp3) is 0. The number of para-hydroxylation sites is 3. The van der Waals surface area contributed by atoms with Crippen molar-refractivity contribution in [1.82, 2.24) is 29.1 Å². The number of rotatable bonds is 7. The maximum atomic E-state index is 6.86. The van der Waals surface area contributed by atoms with Crippen molar-refractivity contribution < 1.29 is 4.42 Å². The highest BCUT2D eigenvalue weighted by Gasteiger charge is 2.25. The van der Waals surface area contributed by atoms with E-state index in [0.29, 0.717) is 29.1 Å². The van der Waals surface area contributed by atoms with Crippen LogP contribution in [0.2, 0.25) is 0 Å². The van der Waals surface area contributed by atoms with E-state index < -0.39 is 0 Å². The van der Waals surface area contributed by atoms with Gasteiger partial charge < -0.3 is 8.98 Å². The lowest BCUT2D eigenvalue weighted by Gasteiger charge is -2.13. The number of nitrogens with zero attached hydrogens (tertiary/aromatic N) is 6. The molecule has 9 aromatic carbocycles. The smallest absolute Gasteiger partial charge is 0.238 e. The third kappa shape index (κ3) is 6.05. The first-order valence-corrected chi connectivity index (χ1v) is 21.7. The lowest BCUT2D eigenvalue weighted by Crippen LogP contribution is -2.07. The van der Waals surface area contributed by atoms with Gasteiger partial charge in [0.25, 0.3) is 0 Å². The van der Waals surface area contributed by atoms with Gasteiger partial charge in [0.05, 0.1) is 27.8 Å². The average molecular weight is 833 g/mol. The van der Waals surface area contributed by atoms with Gasteiger partial charge in [-0.2, -0.15) is 9.97 Å². The zero-order valence-electron chi connectivity index (χ0n) is 34.9. The maximum Gasteiger partial charge on any atom is 0.238 e. The van der Waals surface area contributed by atoms with Crippen LogP contribution in [0.3, 0.4) is 0 Å². The molecule has 4 aromatic heterocycles. The van der Waals surface area contributed by atoms with Gasteiger partial charge in [0.2, 0.25) is 11.8 Å². The van der Waals surface area contributed by atoms with Gasteiger partial charge >= 0.3 is 0 Å². The third-order valence-corrected chi connectivity index (χ3v) is 12.4. The zero-order chi connectivity index (χ0) is 42.8. The Labute approximate surface area is 373 Å². The highest BCUT2D eigenvalue weighted by Crippen LogP contribution is 2.43. The Bertz CT molecular complexity index is 3850. The zero-order valence-corrected chi connectivity index (χ0v) is 34.9. The summed E-state index contributed by atoms with van der Waals surface area (Å²) in [6, 6.07) is 75.6. The van der Waals surface area contributed by atoms with Crippen LogP contribution in [0.25, 0.3) is 123 Å². The average Bonchev–Trinajstić information content (AvgIpc) is 4.08. The molecule has 0 aliphatic carbocycles. The van der Waals surface area contributed by atoms with Gasteiger partial charge in [-0.15, -0.1) is 0 Å².